The van der Waals surface area contributed by atoms with Crippen LogP contribution in [0.3, 0.4) is 0 Å². The Bertz CT molecular complexity index is 139. The summed E-state index contributed by atoms with van der Waals surface area (Å²) in [5.41, 5.74) is 0. The highest BCUT2D eigenvalue weighted by molar-refractivity contribution is 9.09. The van der Waals surface area contributed by atoms with Gasteiger partial charge in [-0.2, -0.15) is 13.2 Å². The van der Waals surface area contributed by atoms with E-state index in [1.165, 1.54) is 0 Å². The topological polar surface area (TPSA) is 9.23 Å². The fourth-order valence-corrected chi connectivity index (χ4v) is 1.79. The standard InChI is InChI=1S/C9H16BrF3O/c1-2-3-8(6-10)4-5-14-7-9(11,12)13/h8H,2-7H2,1H3. The molecule has 5 heteroatoms. The third-order valence-electron chi connectivity index (χ3n) is 1.85. The number of ether oxygens (including phenoxy) is 1. The fraction of sp³-hybridized carbons (Fsp3) is 1.00. The molecule has 0 aliphatic heterocycles. The normalized spacial score (nSPS) is 14.4. The van der Waals surface area contributed by atoms with Crippen molar-refractivity contribution in [3.63, 3.8) is 0 Å². The van der Waals surface area contributed by atoms with Crippen molar-refractivity contribution >= 4 is 15.9 Å². The molecule has 0 aliphatic rings. The van der Waals surface area contributed by atoms with Crippen LogP contribution < -0.4 is 0 Å². The van der Waals surface area contributed by atoms with E-state index in [0.29, 0.717) is 12.3 Å². The summed E-state index contributed by atoms with van der Waals surface area (Å²) in [5.74, 6) is 0.424. The molecule has 0 saturated heterocycles. The van der Waals surface area contributed by atoms with Crippen LogP contribution in [0.4, 0.5) is 13.2 Å². The second kappa shape index (κ2) is 7.51. The van der Waals surface area contributed by atoms with Gasteiger partial charge in [0.25, 0.3) is 0 Å². The van der Waals surface area contributed by atoms with Crippen LogP contribution in [0.2, 0.25) is 0 Å². The fourth-order valence-electron chi connectivity index (χ4n) is 1.14. The molecule has 0 amide bonds. The van der Waals surface area contributed by atoms with E-state index in [-0.39, 0.29) is 6.61 Å². The summed E-state index contributed by atoms with van der Waals surface area (Å²) in [6.45, 7) is 1.12. The molecule has 14 heavy (non-hydrogen) atoms. The molecule has 86 valence electrons. The molecular weight excluding hydrogens is 261 g/mol. The van der Waals surface area contributed by atoms with Gasteiger partial charge in [-0.05, 0) is 18.8 Å². The molecule has 0 aliphatic carbocycles. The molecule has 0 spiro atoms. The third kappa shape index (κ3) is 8.81. The molecule has 1 nitrogen and oxygen atoms in total. The van der Waals surface area contributed by atoms with Gasteiger partial charge < -0.3 is 4.74 Å². The molecule has 0 N–H and O–H groups in total. The number of alkyl halides is 4. The van der Waals surface area contributed by atoms with Crippen molar-refractivity contribution in [1.82, 2.24) is 0 Å². The minimum atomic E-state index is -4.20. The van der Waals surface area contributed by atoms with E-state index in [9.17, 15) is 13.2 Å². The van der Waals surface area contributed by atoms with Crippen LogP contribution in [-0.2, 0) is 4.74 Å². The average Bonchev–Trinajstić information content (AvgIpc) is 2.08. The van der Waals surface area contributed by atoms with Crippen molar-refractivity contribution in [3.05, 3.63) is 0 Å². The van der Waals surface area contributed by atoms with Gasteiger partial charge in [0, 0.05) is 11.9 Å². The van der Waals surface area contributed by atoms with Gasteiger partial charge in [-0.1, -0.05) is 29.3 Å². The summed E-state index contributed by atoms with van der Waals surface area (Å²) in [6.07, 6.45) is -1.43. The quantitative estimate of drug-likeness (QED) is 0.508. The van der Waals surface area contributed by atoms with E-state index in [4.69, 9.17) is 0 Å². The number of rotatable bonds is 7. The van der Waals surface area contributed by atoms with E-state index in [0.717, 1.165) is 18.2 Å². The Morgan fingerprint density at radius 1 is 1.29 bits per heavy atom. The Labute approximate surface area is 91.1 Å². The van der Waals surface area contributed by atoms with Crippen molar-refractivity contribution in [1.29, 1.82) is 0 Å². The molecule has 0 fully saturated rings. The third-order valence-corrected chi connectivity index (χ3v) is 2.77. The van der Waals surface area contributed by atoms with E-state index >= 15 is 0 Å². The molecule has 0 radical (unpaired) electrons. The first-order valence-electron chi connectivity index (χ1n) is 4.70. The number of halogens is 4. The molecule has 0 saturated carbocycles. The molecule has 0 heterocycles. The van der Waals surface area contributed by atoms with Gasteiger partial charge in [0.2, 0.25) is 0 Å². The van der Waals surface area contributed by atoms with Gasteiger partial charge >= 0.3 is 6.18 Å². The van der Waals surface area contributed by atoms with Gasteiger partial charge in [0.1, 0.15) is 6.61 Å². The van der Waals surface area contributed by atoms with Crippen molar-refractivity contribution in [2.45, 2.75) is 32.4 Å². The Balaban J connectivity index is 3.42. The predicted octanol–water partition coefficient (Wildman–Crippen LogP) is 3.77. The first-order valence-corrected chi connectivity index (χ1v) is 5.82. The van der Waals surface area contributed by atoms with Crippen molar-refractivity contribution in [2.24, 2.45) is 5.92 Å². The van der Waals surface area contributed by atoms with Crippen LogP contribution in [0.15, 0.2) is 0 Å². The molecule has 0 aromatic rings. The van der Waals surface area contributed by atoms with Crippen LogP contribution in [0, 0.1) is 5.92 Å². The molecule has 0 bridgehead atoms. The molecular formula is C9H16BrF3O. The minimum Gasteiger partial charge on any atom is -0.372 e. The lowest BCUT2D eigenvalue weighted by Gasteiger charge is -2.13. The van der Waals surface area contributed by atoms with Crippen LogP contribution in [0.5, 0.6) is 0 Å². The largest absolute Gasteiger partial charge is 0.411 e. The molecule has 0 aromatic carbocycles. The van der Waals surface area contributed by atoms with Crippen LogP contribution in [-0.4, -0.2) is 24.7 Å². The first-order chi connectivity index (χ1) is 6.49. The van der Waals surface area contributed by atoms with Crippen LogP contribution in [0.1, 0.15) is 26.2 Å². The van der Waals surface area contributed by atoms with Crippen molar-refractivity contribution < 1.29 is 17.9 Å². The van der Waals surface area contributed by atoms with Gasteiger partial charge in [-0.3, -0.25) is 0 Å². The zero-order chi connectivity index (χ0) is 11.0. The second-order valence-corrected chi connectivity index (χ2v) is 3.91. The monoisotopic (exact) mass is 276 g/mol. The van der Waals surface area contributed by atoms with Gasteiger partial charge in [0.15, 0.2) is 0 Å². The maximum atomic E-state index is 11.7. The maximum Gasteiger partial charge on any atom is 0.411 e. The van der Waals surface area contributed by atoms with E-state index < -0.39 is 12.8 Å². The zero-order valence-electron chi connectivity index (χ0n) is 8.24. The Kier molecular flexibility index (Phi) is 7.64. The van der Waals surface area contributed by atoms with Gasteiger partial charge in [0.05, 0.1) is 0 Å². The van der Waals surface area contributed by atoms with Gasteiger partial charge in [-0.25, -0.2) is 0 Å². The second-order valence-electron chi connectivity index (χ2n) is 3.27. The summed E-state index contributed by atoms with van der Waals surface area (Å²) in [4.78, 5) is 0. The first kappa shape index (κ1) is 14.2. The lowest BCUT2D eigenvalue weighted by molar-refractivity contribution is -0.174. The smallest absolute Gasteiger partial charge is 0.372 e. The minimum absolute atomic E-state index is 0.190. The molecule has 0 rings (SSSR count). The SMILES string of the molecule is CCCC(CBr)CCOCC(F)(F)F. The van der Waals surface area contributed by atoms with Crippen molar-refractivity contribution in [2.75, 3.05) is 18.5 Å². The van der Waals surface area contributed by atoms with Crippen molar-refractivity contribution in [3.8, 4) is 0 Å². The van der Waals surface area contributed by atoms with Crippen LogP contribution in [0.25, 0.3) is 0 Å². The summed E-state index contributed by atoms with van der Waals surface area (Å²) in [5, 5.41) is 0.830. The average molecular weight is 277 g/mol. The zero-order valence-corrected chi connectivity index (χ0v) is 9.83. The van der Waals surface area contributed by atoms with E-state index in [1.807, 2.05) is 0 Å². The van der Waals surface area contributed by atoms with Gasteiger partial charge in [-0.15, -0.1) is 0 Å². The maximum absolute atomic E-state index is 11.7. The summed E-state index contributed by atoms with van der Waals surface area (Å²) < 4.78 is 39.6. The summed E-state index contributed by atoms with van der Waals surface area (Å²) >= 11 is 3.33. The van der Waals surface area contributed by atoms with E-state index in [2.05, 4.69) is 27.6 Å². The molecule has 0 aromatic heterocycles. The lowest BCUT2D eigenvalue weighted by atomic mass is 10.0. The highest BCUT2D eigenvalue weighted by atomic mass is 79.9. The highest BCUT2D eigenvalue weighted by Crippen LogP contribution is 2.17. The number of hydrogen-bond acceptors (Lipinski definition) is 1. The Morgan fingerprint density at radius 3 is 2.36 bits per heavy atom. The number of hydrogen-bond donors (Lipinski definition) is 0. The highest BCUT2D eigenvalue weighted by Gasteiger charge is 2.27. The molecule has 1 atom stereocenters. The summed E-state index contributed by atoms with van der Waals surface area (Å²) in [7, 11) is 0. The lowest BCUT2D eigenvalue weighted by Crippen LogP contribution is -2.18. The predicted molar refractivity (Wildman–Crippen MR) is 53.7 cm³/mol. The van der Waals surface area contributed by atoms with E-state index in [1.54, 1.807) is 0 Å². The summed E-state index contributed by atoms with van der Waals surface area (Å²) in [6, 6.07) is 0. The molecule has 1 unspecified atom stereocenters. The Hall–Kier alpha value is 0.230. The van der Waals surface area contributed by atoms with Crippen LogP contribution >= 0.6 is 15.9 Å². The Morgan fingerprint density at radius 2 is 1.93 bits per heavy atom.